The zero-order valence-electron chi connectivity index (χ0n) is 17.6. The summed E-state index contributed by atoms with van der Waals surface area (Å²) in [5.74, 6) is 0. The molecule has 3 aromatic heterocycles. The van der Waals surface area contributed by atoms with Crippen LogP contribution in [-0.4, -0.2) is 4.40 Å². The number of hydrogen-bond acceptors (Lipinski definition) is 0. The molecule has 0 amide bonds. The van der Waals surface area contributed by atoms with E-state index in [4.69, 9.17) is 0 Å². The fraction of sp³-hybridized carbons (Fsp3) is 0.0690. The molecule has 0 unspecified atom stereocenters. The van der Waals surface area contributed by atoms with E-state index in [2.05, 4.69) is 114 Å². The van der Waals surface area contributed by atoms with Gasteiger partial charge in [-0.2, -0.15) is 4.57 Å². The Morgan fingerprint density at radius 3 is 2.10 bits per heavy atom. The molecule has 146 valence electrons. The van der Waals surface area contributed by atoms with E-state index in [0.717, 1.165) is 0 Å². The first-order valence-electron chi connectivity index (χ1n) is 10.8. The van der Waals surface area contributed by atoms with Gasteiger partial charge in [0.15, 0.2) is 0 Å². The highest BCUT2D eigenvalue weighted by molar-refractivity contribution is 6.21. The first kappa shape index (κ1) is 16.8. The molecule has 0 atom stereocenters. The van der Waals surface area contributed by atoms with Gasteiger partial charge in [0.1, 0.15) is 12.6 Å². The quantitative estimate of drug-likeness (QED) is 0.270. The molecule has 0 aliphatic rings. The second kappa shape index (κ2) is 5.83. The fourth-order valence-corrected chi connectivity index (χ4v) is 5.55. The molecule has 0 spiro atoms. The first-order chi connectivity index (χ1) is 15.2. The fourth-order valence-electron chi connectivity index (χ4n) is 5.55. The lowest BCUT2D eigenvalue weighted by Gasteiger charge is -2.09. The minimum atomic E-state index is 1.25. The average molecular weight is 398 g/mol. The molecule has 0 bridgehead atoms. The molecular weight excluding hydrogens is 376 g/mol. The van der Waals surface area contributed by atoms with Crippen LogP contribution < -0.4 is 4.57 Å². The monoisotopic (exact) mass is 397 g/mol. The Kier molecular flexibility index (Phi) is 3.17. The number of fused-ring (bicyclic) bond motifs is 7. The van der Waals surface area contributed by atoms with Crippen molar-refractivity contribution in [2.75, 3.05) is 0 Å². The summed E-state index contributed by atoms with van der Waals surface area (Å²) in [7, 11) is 2.21. The zero-order valence-corrected chi connectivity index (χ0v) is 17.6. The normalized spacial score (nSPS) is 12.2. The van der Waals surface area contributed by atoms with Crippen molar-refractivity contribution in [3.63, 3.8) is 0 Å². The van der Waals surface area contributed by atoms with Crippen LogP contribution in [0.4, 0.5) is 0 Å². The highest BCUT2D eigenvalue weighted by Crippen LogP contribution is 2.39. The summed E-state index contributed by atoms with van der Waals surface area (Å²) in [6, 6.07) is 33.1. The Hall–Kier alpha value is -3.91. The maximum absolute atomic E-state index is 2.44. The Balaban J connectivity index is 1.73. The predicted octanol–water partition coefficient (Wildman–Crippen LogP) is 6.79. The first-order valence-corrected chi connectivity index (χ1v) is 10.8. The third kappa shape index (κ3) is 2.04. The predicted molar refractivity (Wildman–Crippen MR) is 130 cm³/mol. The largest absolute Gasteiger partial charge is 0.303 e. The minimum absolute atomic E-state index is 1.25. The summed E-state index contributed by atoms with van der Waals surface area (Å²) in [5.41, 5.74) is 9.03. The number of aromatic nitrogens is 2. The minimum Gasteiger partial charge on any atom is -0.303 e. The van der Waals surface area contributed by atoms with Crippen molar-refractivity contribution in [3.8, 4) is 11.3 Å². The van der Waals surface area contributed by atoms with Gasteiger partial charge in [-0.3, -0.25) is 0 Å². The van der Waals surface area contributed by atoms with Crippen LogP contribution in [0.2, 0.25) is 0 Å². The van der Waals surface area contributed by atoms with E-state index in [-0.39, 0.29) is 0 Å². The molecule has 0 saturated carbocycles. The van der Waals surface area contributed by atoms with Gasteiger partial charge in [0.2, 0.25) is 11.2 Å². The molecule has 7 rings (SSSR count). The second-order valence-electron chi connectivity index (χ2n) is 8.53. The SMILES string of the molecule is Cc1c(-c2cc3c4ccccc4n4c5ccccc5c(c34)[n+]2C)ccc2ccccc12. The van der Waals surface area contributed by atoms with Crippen LogP contribution in [0.15, 0.2) is 91.0 Å². The van der Waals surface area contributed by atoms with Crippen molar-refractivity contribution in [1.82, 2.24) is 4.40 Å². The number of benzene rings is 4. The molecule has 0 radical (unpaired) electrons. The zero-order chi connectivity index (χ0) is 20.7. The molecule has 0 saturated heterocycles. The van der Waals surface area contributed by atoms with Gasteiger partial charge in [0.05, 0.1) is 16.4 Å². The van der Waals surface area contributed by atoms with Gasteiger partial charge in [0, 0.05) is 22.4 Å². The van der Waals surface area contributed by atoms with Gasteiger partial charge in [0.25, 0.3) is 0 Å². The molecule has 0 aliphatic carbocycles. The van der Waals surface area contributed by atoms with Crippen molar-refractivity contribution < 1.29 is 4.57 Å². The molecule has 31 heavy (non-hydrogen) atoms. The smallest absolute Gasteiger partial charge is 0.239 e. The van der Waals surface area contributed by atoms with E-state index < -0.39 is 0 Å². The summed E-state index contributed by atoms with van der Waals surface area (Å²) < 4.78 is 4.83. The number of rotatable bonds is 1. The van der Waals surface area contributed by atoms with Gasteiger partial charge in [-0.1, -0.05) is 60.7 Å². The van der Waals surface area contributed by atoms with Crippen molar-refractivity contribution in [2.24, 2.45) is 7.05 Å². The Labute approximate surface area is 179 Å². The van der Waals surface area contributed by atoms with Crippen molar-refractivity contribution >= 4 is 49.0 Å². The molecule has 0 N–H and O–H groups in total. The van der Waals surface area contributed by atoms with Gasteiger partial charge in [-0.15, -0.1) is 0 Å². The topological polar surface area (TPSA) is 8.29 Å². The van der Waals surface area contributed by atoms with Crippen molar-refractivity contribution in [2.45, 2.75) is 6.92 Å². The van der Waals surface area contributed by atoms with Crippen LogP contribution in [0.5, 0.6) is 0 Å². The summed E-state index contributed by atoms with van der Waals surface area (Å²) in [5, 5.41) is 6.55. The van der Waals surface area contributed by atoms with Crippen LogP contribution in [0.1, 0.15) is 5.56 Å². The van der Waals surface area contributed by atoms with E-state index in [1.54, 1.807) is 0 Å². The number of aryl methyl sites for hydroxylation is 2. The van der Waals surface area contributed by atoms with Crippen LogP contribution >= 0.6 is 0 Å². The average Bonchev–Trinajstić information content (AvgIpc) is 3.32. The van der Waals surface area contributed by atoms with Crippen LogP contribution in [0.25, 0.3) is 60.3 Å². The molecule has 2 heteroatoms. The number of hydrogen-bond donors (Lipinski definition) is 0. The van der Waals surface area contributed by atoms with E-state index in [1.165, 1.54) is 65.8 Å². The molecule has 3 heterocycles. The summed E-state index contributed by atoms with van der Waals surface area (Å²) in [6.45, 7) is 2.25. The molecule has 2 nitrogen and oxygen atoms in total. The molecular formula is C29H21N2+. The van der Waals surface area contributed by atoms with E-state index in [9.17, 15) is 0 Å². The Morgan fingerprint density at radius 2 is 1.29 bits per heavy atom. The van der Waals surface area contributed by atoms with Gasteiger partial charge < -0.3 is 4.40 Å². The second-order valence-corrected chi connectivity index (χ2v) is 8.53. The summed E-state index contributed by atoms with van der Waals surface area (Å²) in [6.07, 6.45) is 0. The summed E-state index contributed by atoms with van der Waals surface area (Å²) >= 11 is 0. The maximum Gasteiger partial charge on any atom is 0.239 e. The highest BCUT2D eigenvalue weighted by Gasteiger charge is 2.27. The lowest BCUT2D eigenvalue weighted by Crippen LogP contribution is -2.32. The van der Waals surface area contributed by atoms with Crippen LogP contribution in [0.3, 0.4) is 0 Å². The lowest BCUT2D eigenvalue weighted by molar-refractivity contribution is -0.632. The number of pyridine rings is 1. The summed E-state index contributed by atoms with van der Waals surface area (Å²) in [4.78, 5) is 0. The maximum atomic E-state index is 2.44. The van der Waals surface area contributed by atoms with Crippen molar-refractivity contribution in [3.05, 3.63) is 96.6 Å². The Bertz CT molecular complexity index is 1800. The van der Waals surface area contributed by atoms with Crippen molar-refractivity contribution in [1.29, 1.82) is 0 Å². The number of para-hydroxylation sites is 2. The molecule has 0 fully saturated rings. The standard InChI is InChI=1S/C29H21N2/c1-18-20-10-4-3-9-19(20)15-16-21(18)27-17-24-22-11-5-7-13-25(22)31-26-14-8-6-12-23(26)28(29(24)31)30(27)2/h3-17H,1-2H3/q+1. The highest BCUT2D eigenvalue weighted by atomic mass is 15.0. The van der Waals surface area contributed by atoms with E-state index in [0.29, 0.717) is 0 Å². The van der Waals surface area contributed by atoms with E-state index >= 15 is 0 Å². The van der Waals surface area contributed by atoms with Crippen LogP contribution in [-0.2, 0) is 7.05 Å². The molecule has 0 aliphatic heterocycles. The lowest BCUT2D eigenvalue weighted by atomic mass is 9.96. The van der Waals surface area contributed by atoms with Gasteiger partial charge >= 0.3 is 0 Å². The van der Waals surface area contributed by atoms with Gasteiger partial charge in [-0.05, 0) is 47.5 Å². The van der Waals surface area contributed by atoms with Gasteiger partial charge in [-0.25, -0.2) is 0 Å². The molecule has 4 aromatic carbocycles. The third-order valence-corrected chi connectivity index (χ3v) is 6.99. The number of nitrogens with zero attached hydrogens (tertiary/aromatic N) is 2. The third-order valence-electron chi connectivity index (χ3n) is 6.99. The van der Waals surface area contributed by atoms with E-state index in [1.807, 2.05) is 0 Å². The molecule has 7 aromatic rings. The Morgan fingerprint density at radius 1 is 0.645 bits per heavy atom. The van der Waals surface area contributed by atoms with Crippen LogP contribution in [0, 0.1) is 6.92 Å².